The van der Waals surface area contributed by atoms with Crippen LogP contribution < -0.4 is 10.1 Å². The molecule has 0 radical (unpaired) electrons. The fourth-order valence-electron chi connectivity index (χ4n) is 4.58. The zero-order chi connectivity index (χ0) is 25.3. The normalized spacial score (nSPS) is 16.0. The molecule has 2 heterocycles. The first-order valence-corrected chi connectivity index (χ1v) is 12.8. The third-order valence-electron chi connectivity index (χ3n) is 6.61. The number of nitrogens with zero attached hydrogens (tertiary/aromatic N) is 3. The van der Waals surface area contributed by atoms with Gasteiger partial charge >= 0.3 is 0 Å². The summed E-state index contributed by atoms with van der Waals surface area (Å²) >= 11 is 0. The first-order valence-electron chi connectivity index (χ1n) is 12.8. The van der Waals surface area contributed by atoms with Crippen molar-refractivity contribution in [3.8, 4) is 5.75 Å². The molecule has 1 atom stereocenters. The van der Waals surface area contributed by atoms with E-state index < -0.39 is 0 Å². The number of ether oxygens (including phenoxy) is 1. The van der Waals surface area contributed by atoms with Gasteiger partial charge in [-0.3, -0.25) is 14.4 Å². The summed E-state index contributed by atoms with van der Waals surface area (Å²) in [5.74, 6) is 0.212. The molecule has 1 saturated heterocycles. The topological polar surface area (TPSA) is 91.3 Å². The molecule has 2 aliphatic heterocycles. The van der Waals surface area contributed by atoms with E-state index in [9.17, 15) is 14.4 Å². The zero-order valence-corrected chi connectivity index (χ0v) is 20.8. The maximum absolute atomic E-state index is 12.7. The highest BCUT2D eigenvalue weighted by Crippen LogP contribution is 2.27. The monoisotopic (exact) mass is 490 g/mol. The Labute approximate surface area is 212 Å². The van der Waals surface area contributed by atoms with Gasteiger partial charge in [0, 0.05) is 37.9 Å². The molecular weight excluding hydrogens is 456 g/mol. The highest BCUT2D eigenvalue weighted by molar-refractivity contribution is 6.02. The molecule has 8 nitrogen and oxygen atoms in total. The first kappa shape index (κ1) is 25.4. The standard InChI is InChI=1S/C28H34N4O4/c1-2-23(22-12-6-7-13-25(22)36-20-28(35)31-17-8-9-18-31)29-26(33)14-15-27(34)32-19-16-24(30-32)21-10-4-3-5-11-21/h3-7,10-13,23H,2,8-9,14-20H2,1H3,(H,29,33). The number of hydrogen-bond donors (Lipinski definition) is 1. The molecule has 2 aromatic rings. The Kier molecular flexibility index (Phi) is 8.71. The number of rotatable bonds is 10. The number of nitrogens with one attached hydrogen (secondary N) is 1. The fraction of sp³-hybridized carbons (Fsp3) is 0.429. The highest BCUT2D eigenvalue weighted by Gasteiger charge is 2.24. The molecule has 1 fully saturated rings. The Morgan fingerprint density at radius 2 is 1.67 bits per heavy atom. The average molecular weight is 491 g/mol. The third-order valence-corrected chi connectivity index (χ3v) is 6.61. The van der Waals surface area contributed by atoms with Crippen molar-refractivity contribution in [2.45, 2.75) is 51.5 Å². The molecule has 1 unspecified atom stereocenters. The van der Waals surface area contributed by atoms with Gasteiger partial charge < -0.3 is 15.0 Å². The Bertz CT molecular complexity index is 1100. The Morgan fingerprint density at radius 3 is 2.42 bits per heavy atom. The van der Waals surface area contributed by atoms with Crippen LogP contribution >= 0.6 is 0 Å². The summed E-state index contributed by atoms with van der Waals surface area (Å²) in [6.45, 7) is 4.06. The summed E-state index contributed by atoms with van der Waals surface area (Å²) in [5, 5.41) is 8.95. The van der Waals surface area contributed by atoms with Crippen LogP contribution in [0.4, 0.5) is 0 Å². The number of amides is 3. The van der Waals surface area contributed by atoms with Gasteiger partial charge in [0.1, 0.15) is 5.75 Å². The van der Waals surface area contributed by atoms with E-state index in [1.165, 1.54) is 5.01 Å². The number of hydrogen-bond acceptors (Lipinski definition) is 5. The van der Waals surface area contributed by atoms with E-state index in [0.29, 0.717) is 25.1 Å². The van der Waals surface area contributed by atoms with Crippen molar-refractivity contribution in [1.82, 2.24) is 15.2 Å². The number of carbonyl (C=O) groups excluding carboxylic acids is 3. The van der Waals surface area contributed by atoms with Crippen LogP contribution in [0, 0.1) is 0 Å². The molecule has 1 N–H and O–H groups in total. The second kappa shape index (κ2) is 12.3. The largest absolute Gasteiger partial charge is 0.483 e. The number of para-hydroxylation sites is 1. The number of likely N-dealkylation sites (tertiary alicyclic amines) is 1. The minimum atomic E-state index is -0.278. The van der Waals surface area contributed by atoms with Gasteiger partial charge in [0.25, 0.3) is 5.91 Å². The lowest BCUT2D eigenvalue weighted by Crippen LogP contribution is -2.33. The SMILES string of the molecule is CCC(NC(=O)CCC(=O)N1CCC(c2ccccc2)=N1)c1ccccc1OCC(=O)N1CCCC1. The lowest BCUT2D eigenvalue weighted by Gasteiger charge is -2.22. The van der Waals surface area contributed by atoms with Crippen molar-refractivity contribution >= 4 is 23.4 Å². The van der Waals surface area contributed by atoms with Crippen molar-refractivity contribution in [2.24, 2.45) is 5.10 Å². The van der Waals surface area contributed by atoms with Gasteiger partial charge in [-0.2, -0.15) is 5.10 Å². The summed E-state index contributed by atoms with van der Waals surface area (Å²) in [7, 11) is 0. The molecule has 0 aromatic heterocycles. The summed E-state index contributed by atoms with van der Waals surface area (Å²) < 4.78 is 5.87. The predicted molar refractivity (Wildman–Crippen MR) is 137 cm³/mol. The second-order valence-electron chi connectivity index (χ2n) is 9.12. The zero-order valence-electron chi connectivity index (χ0n) is 20.8. The maximum atomic E-state index is 12.7. The van der Waals surface area contributed by atoms with Crippen LogP contribution in [0.15, 0.2) is 59.7 Å². The van der Waals surface area contributed by atoms with Crippen LogP contribution in [0.3, 0.4) is 0 Å². The van der Waals surface area contributed by atoms with E-state index in [1.807, 2.05) is 66.4 Å². The Morgan fingerprint density at radius 1 is 0.944 bits per heavy atom. The molecule has 0 spiro atoms. The second-order valence-corrected chi connectivity index (χ2v) is 9.12. The summed E-state index contributed by atoms with van der Waals surface area (Å²) in [4.78, 5) is 39.6. The summed E-state index contributed by atoms with van der Waals surface area (Å²) in [6, 6.07) is 17.0. The van der Waals surface area contributed by atoms with Gasteiger partial charge in [0.2, 0.25) is 11.8 Å². The van der Waals surface area contributed by atoms with Gasteiger partial charge in [0.05, 0.1) is 18.3 Å². The number of hydrazone groups is 1. The van der Waals surface area contributed by atoms with Crippen LogP contribution in [-0.2, 0) is 14.4 Å². The van der Waals surface area contributed by atoms with E-state index >= 15 is 0 Å². The Balaban J connectivity index is 1.29. The van der Waals surface area contributed by atoms with E-state index in [-0.39, 0.29) is 43.2 Å². The van der Waals surface area contributed by atoms with Crippen molar-refractivity contribution in [1.29, 1.82) is 0 Å². The maximum Gasteiger partial charge on any atom is 0.260 e. The van der Waals surface area contributed by atoms with Crippen LogP contribution in [0.2, 0.25) is 0 Å². The van der Waals surface area contributed by atoms with Gasteiger partial charge in [-0.1, -0.05) is 55.5 Å². The smallest absolute Gasteiger partial charge is 0.260 e. The highest BCUT2D eigenvalue weighted by atomic mass is 16.5. The molecular formula is C28H34N4O4. The van der Waals surface area contributed by atoms with Crippen LogP contribution in [0.1, 0.15) is 62.6 Å². The van der Waals surface area contributed by atoms with Crippen molar-refractivity contribution in [2.75, 3.05) is 26.2 Å². The molecule has 190 valence electrons. The molecule has 0 saturated carbocycles. The Hall–Kier alpha value is -3.68. The van der Waals surface area contributed by atoms with Gasteiger partial charge in [0.15, 0.2) is 6.61 Å². The molecule has 36 heavy (non-hydrogen) atoms. The van der Waals surface area contributed by atoms with E-state index in [0.717, 1.165) is 42.8 Å². The number of benzene rings is 2. The van der Waals surface area contributed by atoms with Crippen LogP contribution in [0.25, 0.3) is 0 Å². The lowest BCUT2D eigenvalue weighted by molar-refractivity contribution is -0.133. The van der Waals surface area contributed by atoms with Crippen molar-refractivity contribution < 1.29 is 19.1 Å². The molecule has 2 aliphatic rings. The number of carbonyl (C=O) groups is 3. The fourth-order valence-corrected chi connectivity index (χ4v) is 4.58. The minimum absolute atomic E-state index is 0.0158. The molecule has 2 aromatic carbocycles. The average Bonchev–Trinajstić information content (AvgIpc) is 3.63. The first-order chi connectivity index (χ1) is 17.5. The minimum Gasteiger partial charge on any atom is -0.483 e. The molecule has 0 aliphatic carbocycles. The van der Waals surface area contributed by atoms with Crippen molar-refractivity contribution in [3.63, 3.8) is 0 Å². The van der Waals surface area contributed by atoms with Crippen LogP contribution in [0.5, 0.6) is 5.75 Å². The van der Waals surface area contributed by atoms with Crippen LogP contribution in [-0.4, -0.2) is 59.6 Å². The van der Waals surface area contributed by atoms with Gasteiger partial charge in [-0.05, 0) is 30.9 Å². The predicted octanol–water partition coefficient (Wildman–Crippen LogP) is 3.67. The lowest BCUT2D eigenvalue weighted by atomic mass is 10.0. The summed E-state index contributed by atoms with van der Waals surface area (Å²) in [5.41, 5.74) is 2.73. The summed E-state index contributed by atoms with van der Waals surface area (Å²) in [6.07, 6.45) is 3.60. The quantitative estimate of drug-likeness (QED) is 0.550. The molecule has 4 rings (SSSR count). The van der Waals surface area contributed by atoms with E-state index in [4.69, 9.17) is 4.74 Å². The van der Waals surface area contributed by atoms with Crippen molar-refractivity contribution in [3.05, 3.63) is 65.7 Å². The molecule has 8 heteroatoms. The van der Waals surface area contributed by atoms with E-state index in [2.05, 4.69) is 10.4 Å². The third kappa shape index (κ3) is 6.50. The molecule has 3 amide bonds. The molecule has 0 bridgehead atoms. The van der Waals surface area contributed by atoms with E-state index in [1.54, 1.807) is 0 Å². The van der Waals surface area contributed by atoms with Gasteiger partial charge in [-0.15, -0.1) is 0 Å². The van der Waals surface area contributed by atoms with Gasteiger partial charge in [-0.25, -0.2) is 5.01 Å².